The van der Waals surface area contributed by atoms with Gasteiger partial charge in [0.25, 0.3) is 0 Å². The number of hydrogen-bond acceptors (Lipinski definition) is 3. The van der Waals surface area contributed by atoms with Crippen molar-refractivity contribution in [2.45, 2.75) is 52.2 Å². The third-order valence-electron chi connectivity index (χ3n) is 2.49. The van der Waals surface area contributed by atoms with Gasteiger partial charge in [-0.15, -0.1) is 0 Å². The molecule has 1 atom stereocenters. The van der Waals surface area contributed by atoms with Gasteiger partial charge in [-0.1, -0.05) is 26.0 Å². The van der Waals surface area contributed by atoms with Crippen LogP contribution in [0.5, 0.6) is 0 Å². The van der Waals surface area contributed by atoms with E-state index in [-0.39, 0.29) is 11.7 Å². The summed E-state index contributed by atoms with van der Waals surface area (Å²) in [6.07, 6.45) is 2.01. The van der Waals surface area contributed by atoms with E-state index in [1.165, 1.54) is 0 Å². The zero-order valence-corrected chi connectivity index (χ0v) is 10.6. The summed E-state index contributed by atoms with van der Waals surface area (Å²) in [5, 5.41) is 3.24. The minimum atomic E-state index is -0.293. The van der Waals surface area contributed by atoms with Gasteiger partial charge in [0.15, 0.2) is 0 Å². The lowest BCUT2D eigenvalue weighted by atomic mass is 9.95. The molecule has 0 aliphatic heterocycles. The van der Waals surface area contributed by atoms with E-state index in [1.807, 2.05) is 13.8 Å². The Hall–Kier alpha value is -0.380. The maximum absolute atomic E-state index is 6.01. The fourth-order valence-corrected chi connectivity index (χ4v) is 1.35. The number of hydrogen-bond donors (Lipinski definition) is 3. The van der Waals surface area contributed by atoms with Crippen molar-refractivity contribution in [1.29, 1.82) is 0 Å². The van der Waals surface area contributed by atoms with Crippen molar-refractivity contribution in [3.8, 4) is 0 Å². The summed E-state index contributed by atoms with van der Waals surface area (Å²) in [6.45, 7) is 13.1. The van der Waals surface area contributed by atoms with Crippen LogP contribution in [0, 0.1) is 5.92 Å². The Morgan fingerprint density at radius 2 is 1.93 bits per heavy atom. The lowest BCUT2D eigenvalue weighted by Gasteiger charge is -2.22. The minimum Gasteiger partial charge on any atom is -0.324 e. The molecule has 0 aliphatic carbocycles. The Morgan fingerprint density at radius 1 is 1.40 bits per heavy atom. The Balaban J connectivity index is 3.65. The summed E-state index contributed by atoms with van der Waals surface area (Å²) in [5.41, 5.74) is 12.7. The summed E-state index contributed by atoms with van der Waals surface area (Å²) in [6, 6.07) is 0.118. The van der Waals surface area contributed by atoms with Crippen LogP contribution in [0.2, 0.25) is 0 Å². The molecule has 0 heterocycles. The molecule has 5 N–H and O–H groups in total. The van der Waals surface area contributed by atoms with E-state index in [0.717, 1.165) is 25.0 Å². The lowest BCUT2D eigenvalue weighted by Crippen LogP contribution is -2.48. The molecule has 0 spiro atoms. The fraction of sp³-hybridized carbons (Fsp3) is 0.833. The highest BCUT2D eigenvalue weighted by Gasteiger charge is 2.11. The Labute approximate surface area is 94.3 Å². The van der Waals surface area contributed by atoms with Crippen molar-refractivity contribution < 1.29 is 0 Å². The Bertz CT molecular complexity index is 192. The molecule has 0 radical (unpaired) electrons. The van der Waals surface area contributed by atoms with Crippen molar-refractivity contribution in [2.24, 2.45) is 17.4 Å². The van der Waals surface area contributed by atoms with Crippen molar-refractivity contribution in [3.63, 3.8) is 0 Å². The minimum absolute atomic E-state index is 0.118. The van der Waals surface area contributed by atoms with E-state index in [2.05, 4.69) is 25.7 Å². The van der Waals surface area contributed by atoms with E-state index >= 15 is 0 Å². The smallest absolute Gasteiger partial charge is 0.0603 e. The van der Waals surface area contributed by atoms with Crippen molar-refractivity contribution in [1.82, 2.24) is 5.32 Å². The molecule has 0 aromatic heterocycles. The van der Waals surface area contributed by atoms with Crippen molar-refractivity contribution in [2.75, 3.05) is 6.54 Å². The SMILES string of the molecule is C=C(C(C)C)C(N)CCCNC(C)(C)N. The molecule has 15 heavy (non-hydrogen) atoms. The van der Waals surface area contributed by atoms with Crippen molar-refractivity contribution >= 4 is 0 Å². The molecule has 0 aromatic rings. The molecule has 0 saturated carbocycles. The van der Waals surface area contributed by atoms with Gasteiger partial charge in [0, 0.05) is 6.04 Å². The van der Waals surface area contributed by atoms with Gasteiger partial charge in [-0.05, 0) is 39.2 Å². The van der Waals surface area contributed by atoms with Crippen LogP contribution in [0.3, 0.4) is 0 Å². The predicted octanol–water partition coefficient (Wildman–Crippen LogP) is 1.59. The monoisotopic (exact) mass is 213 g/mol. The molecule has 0 amide bonds. The van der Waals surface area contributed by atoms with Crippen LogP contribution in [0.4, 0.5) is 0 Å². The molecule has 1 unspecified atom stereocenters. The van der Waals surface area contributed by atoms with Crippen LogP contribution >= 0.6 is 0 Å². The first-order valence-corrected chi connectivity index (χ1v) is 5.72. The molecule has 0 fully saturated rings. The molecular formula is C12H27N3. The Morgan fingerprint density at radius 3 is 2.33 bits per heavy atom. The second-order valence-corrected chi connectivity index (χ2v) is 5.13. The maximum Gasteiger partial charge on any atom is 0.0603 e. The molecule has 3 nitrogen and oxygen atoms in total. The van der Waals surface area contributed by atoms with Crippen LogP contribution in [-0.4, -0.2) is 18.2 Å². The zero-order valence-electron chi connectivity index (χ0n) is 10.6. The standard InChI is InChI=1S/C12H27N3/c1-9(2)10(3)11(13)7-6-8-15-12(4,5)14/h9,11,15H,3,6-8,13-14H2,1-2,4-5H3. The van der Waals surface area contributed by atoms with E-state index in [9.17, 15) is 0 Å². The summed E-state index contributed by atoms with van der Waals surface area (Å²) in [5.74, 6) is 0.471. The molecule has 0 aliphatic rings. The average Bonchev–Trinajstić information content (AvgIpc) is 2.09. The van der Waals surface area contributed by atoms with E-state index in [0.29, 0.717) is 5.92 Å². The van der Waals surface area contributed by atoms with Gasteiger partial charge in [0.05, 0.1) is 5.66 Å². The van der Waals surface area contributed by atoms with E-state index < -0.39 is 0 Å². The molecular weight excluding hydrogens is 186 g/mol. The molecule has 90 valence electrons. The first-order chi connectivity index (χ1) is 6.74. The molecule has 3 heteroatoms. The van der Waals surface area contributed by atoms with Gasteiger partial charge >= 0.3 is 0 Å². The quantitative estimate of drug-likeness (QED) is 0.342. The predicted molar refractivity (Wildman–Crippen MR) is 67.5 cm³/mol. The topological polar surface area (TPSA) is 64.1 Å². The molecule has 0 rings (SSSR count). The van der Waals surface area contributed by atoms with Crippen LogP contribution in [0.15, 0.2) is 12.2 Å². The highest BCUT2D eigenvalue weighted by Crippen LogP contribution is 2.13. The first kappa shape index (κ1) is 14.6. The number of rotatable bonds is 7. The zero-order chi connectivity index (χ0) is 12.1. The average molecular weight is 213 g/mol. The van der Waals surface area contributed by atoms with Gasteiger partial charge in [0.2, 0.25) is 0 Å². The number of nitrogens with two attached hydrogens (primary N) is 2. The van der Waals surface area contributed by atoms with Crippen LogP contribution in [-0.2, 0) is 0 Å². The summed E-state index contributed by atoms with van der Waals surface area (Å²) in [4.78, 5) is 0. The molecule has 0 aromatic carbocycles. The molecule has 0 bridgehead atoms. The van der Waals surface area contributed by atoms with E-state index in [1.54, 1.807) is 0 Å². The number of nitrogens with one attached hydrogen (secondary N) is 1. The van der Waals surface area contributed by atoms with Crippen LogP contribution in [0.1, 0.15) is 40.5 Å². The normalized spacial score (nSPS) is 14.3. The largest absolute Gasteiger partial charge is 0.324 e. The summed E-state index contributed by atoms with van der Waals surface area (Å²) >= 11 is 0. The van der Waals surface area contributed by atoms with Crippen LogP contribution < -0.4 is 16.8 Å². The van der Waals surface area contributed by atoms with Gasteiger partial charge in [-0.25, -0.2) is 0 Å². The van der Waals surface area contributed by atoms with Gasteiger partial charge in [-0.2, -0.15) is 0 Å². The summed E-state index contributed by atoms with van der Waals surface area (Å²) < 4.78 is 0. The van der Waals surface area contributed by atoms with Crippen LogP contribution in [0.25, 0.3) is 0 Å². The van der Waals surface area contributed by atoms with Crippen molar-refractivity contribution in [3.05, 3.63) is 12.2 Å². The van der Waals surface area contributed by atoms with E-state index in [4.69, 9.17) is 11.5 Å². The Kier molecular flexibility index (Phi) is 6.10. The first-order valence-electron chi connectivity index (χ1n) is 5.72. The second kappa shape index (κ2) is 6.26. The van der Waals surface area contributed by atoms with Gasteiger partial charge < -0.3 is 11.5 Å². The third-order valence-corrected chi connectivity index (χ3v) is 2.49. The third kappa shape index (κ3) is 7.54. The fourth-order valence-electron chi connectivity index (χ4n) is 1.35. The lowest BCUT2D eigenvalue weighted by molar-refractivity contribution is 0.394. The second-order valence-electron chi connectivity index (χ2n) is 5.13. The highest BCUT2D eigenvalue weighted by atomic mass is 15.1. The maximum atomic E-state index is 6.01. The molecule has 0 saturated heterocycles. The highest BCUT2D eigenvalue weighted by molar-refractivity contribution is 5.06. The summed E-state index contributed by atoms with van der Waals surface area (Å²) in [7, 11) is 0. The van der Waals surface area contributed by atoms with Gasteiger partial charge in [-0.3, -0.25) is 5.32 Å². The van der Waals surface area contributed by atoms with Gasteiger partial charge in [0.1, 0.15) is 0 Å².